The smallest absolute Gasteiger partial charge is 0.0790 e. The van der Waals surface area contributed by atoms with Crippen molar-refractivity contribution in [2.24, 2.45) is 0 Å². The van der Waals surface area contributed by atoms with Crippen LogP contribution in [0.5, 0.6) is 0 Å². The standard InChI is InChI=1S/C10H17N3O/c1-2-5-10(4-1)14-12-7-9-13-8-3-6-11-13/h3,6,8,10,12H,1-2,4-5,7,9H2. The molecule has 1 aliphatic carbocycles. The Bertz CT molecular complexity index is 242. The molecule has 0 aliphatic heterocycles. The minimum Gasteiger partial charge on any atom is -0.298 e. The quantitative estimate of drug-likeness (QED) is 0.569. The molecular weight excluding hydrogens is 178 g/mol. The first-order chi connectivity index (χ1) is 6.95. The van der Waals surface area contributed by atoms with E-state index in [0.29, 0.717) is 6.10 Å². The van der Waals surface area contributed by atoms with Crippen molar-refractivity contribution < 1.29 is 4.84 Å². The zero-order valence-corrected chi connectivity index (χ0v) is 8.35. The van der Waals surface area contributed by atoms with Gasteiger partial charge in [0.2, 0.25) is 0 Å². The molecule has 78 valence electrons. The Kier molecular flexibility index (Phi) is 3.54. The van der Waals surface area contributed by atoms with Gasteiger partial charge in [0.25, 0.3) is 0 Å². The van der Waals surface area contributed by atoms with E-state index < -0.39 is 0 Å². The summed E-state index contributed by atoms with van der Waals surface area (Å²) < 4.78 is 1.89. The number of hydroxylamine groups is 1. The van der Waals surface area contributed by atoms with Crippen molar-refractivity contribution in [2.75, 3.05) is 6.54 Å². The third-order valence-electron chi connectivity index (χ3n) is 2.55. The maximum atomic E-state index is 5.51. The lowest BCUT2D eigenvalue weighted by atomic mass is 10.3. The van der Waals surface area contributed by atoms with Gasteiger partial charge in [0, 0.05) is 18.9 Å². The molecule has 0 spiro atoms. The highest BCUT2D eigenvalue weighted by Crippen LogP contribution is 2.19. The van der Waals surface area contributed by atoms with Gasteiger partial charge in [-0.25, -0.2) is 5.48 Å². The Balaban J connectivity index is 1.55. The molecule has 1 saturated carbocycles. The second-order valence-electron chi connectivity index (χ2n) is 3.69. The summed E-state index contributed by atoms with van der Waals surface area (Å²) in [6.45, 7) is 1.68. The van der Waals surface area contributed by atoms with Crippen LogP contribution in [0.25, 0.3) is 0 Å². The average Bonchev–Trinajstić information content (AvgIpc) is 2.86. The maximum absolute atomic E-state index is 5.51. The number of hydrogen-bond acceptors (Lipinski definition) is 3. The van der Waals surface area contributed by atoms with Crippen LogP contribution in [-0.2, 0) is 11.4 Å². The minimum absolute atomic E-state index is 0.438. The second-order valence-corrected chi connectivity index (χ2v) is 3.69. The summed E-state index contributed by atoms with van der Waals surface area (Å²) in [7, 11) is 0. The Morgan fingerprint density at radius 3 is 3.00 bits per heavy atom. The van der Waals surface area contributed by atoms with Crippen molar-refractivity contribution in [1.82, 2.24) is 15.3 Å². The summed E-state index contributed by atoms with van der Waals surface area (Å²) >= 11 is 0. The predicted octanol–water partition coefficient (Wildman–Crippen LogP) is 1.35. The van der Waals surface area contributed by atoms with Gasteiger partial charge in [-0.2, -0.15) is 5.10 Å². The molecular formula is C10H17N3O. The van der Waals surface area contributed by atoms with E-state index >= 15 is 0 Å². The van der Waals surface area contributed by atoms with E-state index in [4.69, 9.17) is 4.84 Å². The normalized spacial score (nSPS) is 17.7. The molecule has 0 radical (unpaired) electrons. The lowest BCUT2D eigenvalue weighted by molar-refractivity contribution is -0.0220. The topological polar surface area (TPSA) is 39.1 Å². The van der Waals surface area contributed by atoms with Crippen molar-refractivity contribution in [1.29, 1.82) is 0 Å². The highest BCUT2D eigenvalue weighted by Gasteiger charge is 2.14. The van der Waals surface area contributed by atoms with Crippen molar-refractivity contribution in [2.45, 2.75) is 38.3 Å². The monoisotopic (exact) mass is 195 g/mol. The van der Waals surface area contributed by atoms with Crippen LogP contribution in [0.2, 0.25) is 0 Å². The van der Waals surface area contributed by atoms with Crippen LogP contribution in [0.4, 0.5) is 0 Å². The lowest BCUT2D eigenvalue weighted by Crippen LogP contribution is -2.25. The first-order valence-electron chi connectivity index (χ1n) is 5.31. The third-order valence-corrected chi connectivity index (χ3v) is 2.55. The fraction of sp³-hybridized carbons (Fsp3) is 0.700. The van der Waals surface area contributed by atoms with Gasteiger partial charge >= 0.3 is 0 Å². The van der Waals surface area contributed by atoms with Gasteiger partial charge in [0.05, 0.1) is 12.6 Å². The number of rotatable bonds is 5. The maximum Gasteiger partial charge on any atom is 0.0790 e. The fourth-order valence-corrected chi connectivity index (χ4v) is 1.78. The summed E-state index contributed by atoms with van der Waals surface area (Å²) in [5, 5.41) is 4.11. The number of nitrogens with zero attached hydrogens (tertiary/aromatic N) is 2. The molecule has 1 N–H and O–H groups in total. The Labute approximate surface area is 84.2 Å². The summed E-state index contributed by atoms with van der Waals surface area (Å²) in [6, 6.07) is 1.93. The van der Waals surface area contributed by atoms with Crippen LogP contribution in [0.15, 0.2) is 18.5 Å². The van der Waals surface area contributed by atoms with Gasteiger partial charge < -0.3 is 0 Å². The number of aromatic nitrogens is 2. The van der Waals surface area contributed by atoms with Crippen LogP contribution in [0, 0.1) is 0 Å². The van der Waals surface area contributed by atoms with Gasteiger partial charge in [-0.1, -0.05) is 12.8 Å². The van der Waals surface area contributed by atoms with E-state index in [1.165, 1.54) is 25.7 Å². The Morgan fingerprint density at radius 2 is 2.29 bits per heavy atom. The second kappa shape index (κ2) is 5.12. The van der Waals surface area contributed by atoms with Crippen LogP contribution >= 0.6 is 0 Å². The molecule has 0 unspecified atom stereocenters. The SMILES string of the molecule is c1cnn(CCNOC2CCCC2)c1. The molecule has 1 heterocycles. The largest absolute Gasteiger partial charge is 0.298 e. The van der Waals surface area contributed by atoms with E-state index in [1.54, 1.807) is 6.20 Å². The average molecular weight is 195 g/mol. The summed E-state index contributed by atoms with van der Waals surface area (Å²) in [6.07, 6.45) is 9.21. The van der Waals surface area contributed by atoms with Crippen LogP contribution < -0.4 is 5.48 Å². The molecule has 0 amide bonds. The van der Waals surface area contributed by atoms with E-state index in [9.17, 15) is 0 Å². The molecule has 14 heavy (non-hydrogen) atoms. The molecule has 1 aromatic rings. The van der Waals surface area contributed by atoms with E-state index in [0.717, 1.165) is 13.1 Å². The molecule has 1 aromatic heterocycles. The molecule has 2 rings (SSSR count). The van der Waals surface area contributed by atoms with Crippen LogP contribution in [0.1, 0.15) is 25.7 Å². The van der Waals surface area contributed by atoms with E-state index in [1.807, 2.05) is 16.9 Å². The minimum atomic E-state index is 0.438. The Morgan fingerprint density at radius 1 is 1.43 bits per heavy atom. The van der Waals surface area contributed by atoms with Gasteiger partial charge in [-0.15, -0.1) is 0 Å². The predicted molar refractivity (Wildman–Crippen MR) is 53.6 cm³/mol. The molecule has 4 nitrogen and oxygen atoms in total. The van der Waals surface area contributed by atoms with Gasteiger partial charge in [-0.05, 0) is 18.9 Å². The summed E-state index contributed by atoms with van der Waals surface area (Å²) in [4.78, 5) is 5.51. The van der Waals surface area contributed by atoms with E-state index in [-0.39, 0.29) is 0 Å². The van der Waals surface area contributed by atoms with E-state index in [2.05, 4.69) is 10.6 Å². The number of nitrogens with one attached hydrogen (secondary N) is 1. The molecule has 0 aromatic carbocycles. The molecule has 0 saturated heterocycles. The molecule has 1 fully saturated rings. The highest BCUT2D eigenvalue weighted by atomic mass is 16.7. The molecule has 0 bridgehead atoms. The first kappa shape index (κ1) is 9.68. The van der Waals surface area contributed by atoms with Crippen molar-refractivity contribution in [3.05, 3.63) is 18.5 Å². The molecule has 1 aliphatic rings. The lowest BCUT2D eigenvalue weighted by Gasteiger charge is -2.11. The van der Waals surface area contributed by atoms with Crippen molar-refractivity contribution >= 4 is 0 Å². The first-order valence-corrected chi connectivity index (χ1v) is 5.31. The van der Waals surface area contributed by atoms with Crippen LogP contribution in [-0.4, -0.2) is 22.4 Å². The van der Waals surface area contributed by atoms with Gasteiger partial charge in [-0.3, -0.25) is 9.52 Å². The van der Waals surface area contributed by atoms with Gasteiger partial charge in [0.15, 0.2) is 0 Å². The summed E-state index contributed by atoms with van der Waals surface area (Å²) in [5.41, 5.74) is 3.00. The highest BCUT2D eigenvalue weighted by molar-refractivity contribution is 4.77. The van der Waals surface area contributed by atoms with Gasteiger partial charge in [0.1, 0.15) is 0 Å². The number of hydrogen-bond donors (Lipinski definition) is 1. The van der Waals surface area contributed by atoms with Crippen molar-refractivity contribution in [3.63, 3.8) is 0 Å². The third kappa shape index (κ3) is 2.82. The van der Waals surface area contributed by atoms with Crippen LogP contribution in [0.3, 0.4) is 0 Å². The molecule has 0 atom stereocenters. The zero-order chi connectivity index (χ0) is 9.64. The Hall–Kier alpha value is -0.870. The molecule has 4 heteroatoms. The zero-order valence-electron chi connectivity index (χ0n) is 8.35. The fourth-order valence-electron chi connectivity index (χ4n) is 1.78. The van der Waals surface area contributed by atoms with Crippen molar-refractivity contribution in [3.8, 4) is 0 Å². The summed E-state index contributed by atoms with van der Waals surface area (Å²) in [5.74, 6) is 0.